The molecule has 14 heteroatoms. The van der Waals surface area contributed by atoms with Crippen molar-refractivity contribution in [2.45, 2.75) is 230 Å². The first-order valence-corrected chi connectivity index (χ1v) is 24.9. The van der Waals surface area contributed by atoms with Crippen molar-refractivity contribution >= 4 is 19.6 Å². The molecule has 0 saturated heterocycles. The maximum Gasteiger partial charge on any atom is 0.473 e. The normalized spacial score (nSPS) is 23.0. The fraction of sp³-hybridized carbons (Fsp3) is 0.787. The van der Waals surface area contributed by atoms with Crippen LogP contribution in [-0.2, 0) is 27.9 Å². The monoisotopic (exact) mass is 887 g/mol. The van der Waals surface area contributed by atoms with Crippen molar-refractivity contribution in [1.82, 2.24) is 0 Å². The van der Waals surface area contributed by atoms with Gasteiger partial charge in [0.05, 0.1) is 6.61 Å². The molecule has 1 saturated carbocycles. The highest BCUT2D eigenvalue weighted by molar-refractivity contribution is 7.47. The van der Waals surface area contributed by atoms with Crippen molar-refractivity contribution in [2.24, 2.45) is 0 Å². The van der Waals surface area contributed by atoms with Gasteiger partial charge in [0.25, 0.3) is 0 Å². The van der Waals surface area contributed by atoms with E-state index in [0.717, 1.165) is 51.4 Å². The van der Waals surface area contributed by atoms with E-state index >= 15 is 0 Å². The zero-order valence-electron chi connectivity index (χ0n) is 37.4. The van der Waals surface area contributed by atoms with Gasteiger partial charge in [-0.25, -0.2) is 4.57 Å². The summed E-state index contributed by atoms with van der Waals surface area (Å²) >= 11 is 0. The minimum Gasteiger partial charge on any atom is -0.457 e. The lowest BCUT2D eigenvalue weighted by molar-refractivity contribution is -0.220. The zero-order chi connectivity index (χ0) is 45.1. The van der Waals surface area contributed by atoms with Gasteiger partial charge in [-0.05, 0) is 51.4 Å². The molecule has 0 aromatic carbocycles. The summed E-state index contributed by atoms with van der Waals surface area (Å²) in [4.78, 5) is 37.0. The van der Waals surface area contributed by atoms with Gasteiger partial charge in [0, 0.05) is 12.8 Å². The minimum atomic E-state index is -5.43. The highest BCUT2D eigenvalue weighted by Gasteiger charge is 2.52. The zero-order valence-corrected chi connectivity index (χ0v) is 38.3. The largest absolute Gasteiger partial charge is 0.473 e. The summed E-state index contributed by atoms with van der Waals surface area (Å²) in [6.07, 6.45) is 25.7. The van der Waals surface area contributed by atoms with Crippen LogP contribution in [0.3, 0.4) is 0 Å². The Hall–Kier alpha value is -2.03. The van der Waals surface area contributed by atoms with Gasteiger partial charge in [0.15, 0.2) is 18.0 Å². The first kappa shape index (κ1) is 57.0. The second-order valence-electron chi connectivity index (χ2n) is 16.4. The number of ketones is 1. The van der Waals surface area contributed by atoms with E-state index in [2.05, 4.69) is 50.3 Å². The summed E-state index contributed by atoms with van der Waals surface area (Å²) in [6.45, 7) is 3.49. The predicted molar refractivity (Wildman–Crippen MR) is 240 cm³/mol. The number of unbranched alkanes of at least 4 members (excludes halogenated alkanes) is 18. The van der Waals surface area contributed by atoms with Crippen molar-refractivity contribution in [2.75, 3.05) is 6.61 Å². The molecule has 7 N–H and O–H groups in total. The van der Waals surface area contributed by atoms with Gasteiger partial charge in [-0.2, -0.15) is 0 Å². The van der Waals surface area contributed by atoms with Crippen LogP contribution in [0.15, 0.2) is 48.6 Å². The van der Waals surface area contributed by atoms with Gasteiger partial charge in [0.1, 0.15) is 36.6 Å². The fourth-order valence-corrected chi connectivity index (χ4v) is 8.29. The van der Waals surface area contributed by atoms with E-state index in [1.165, 1.54) is 77.0 Å². The van der Waals surface area contributed by atoms with Crippen LogP contribution in [0, 0.1) is 0 Å². The Morgan fingerprint density at radius 1 is 0.541 bits per heavy atom. The number of rotatable bonds is 38. The molecule has 0 radical (unpaired) electrons. The third-order valence-electron chi connectivity index (χ3n) is 10.9. The second kappa shape index (κ2) is 36.3. The first-order chi connectivity index (χ1) is 29.4. The molecule has 0 heterocycles. The van der Waals surface area contributed by atoms with Crippen molar-refractivity contribution in [3.8, 4) is 0 Å². The minimum absolute atomic E-state index is 0.0691. The number of phosphoric acid groups is 1. The molecule has 1 aliphatic carbocycles. The average molecular weight is 887 g/mol. The van der Waals surface area contributed by atoms with Gasteiger partial charge in [-0.1, -0.05) is 165 Å². The quantitative estimate of drug-likeness (QED) is 0.0134. The molecule has 0 spiro atoms. The number of hydrogen-bond acceptors (Lipinski definition) is 12. The topological polar surface area (TPSA) is 221 Å². The molecule has 61 heavy (non-hydrogen) atoms. The van der Waals surface area contributed by atoms with Crippen LogP contribution < -0.4 is 0 Å². The van der Waals surface area contributed by atoms with Gasteiger partial charge in [-0.15, -0.1) is 0 Å². The molecule has 0 aromatic rings. The molecular formula is C47H83O13P. The molecule has 0 aromatic heterocycles. The lowest BCUT2D eigenvalue weighted by atomic mass is 9.85. The number of allylic oxidation sites excluding steroid dienone is 8. The standard InChI is InChI=1S/C47H83O13P/c1-3-5-7-9-11-13-15-17-19-20-22-24-26-28-30-32-34-36-40(50)58-39(37-48)46(59-61(56,57)60-47-44(54)42(52)41(51)43(53)45(47)55)38(49)35-33-31-29-27-25-23-21-18-16-14-12-10-8-6-4-2/h11,13,17,19,22,24,28,30,39,41-48,51-55H,3-10,12,14-16,18,20-21,23,25-27,29,31-37H2,1-2H3,(H,56,57)/b13-11-,19-17-,24-22-,30-28-/t39-,41?,42-,43+,44-,45-,46?,47?/m0/s1. The van der Waals surface area contributed by atoms with E-state index < -0.39 is 75.0 Å². The summed E-state index contributed by atoms with van der Waals surface area (Å²) in [5.41, 5.74) is 0. The van der Waals surface area contributed by atoms with Crippen molar-refractivity contribution in [3.05, 3.63) is 48.6 Å². The number of aliphatic hydroxyl groups excluding tert-OH is 6. The number of carbonyl (C=O) groups is 2. The van der Waals surface area contributed by atoms with Gasteiger partial charge in [0.2, 0.25) is 0 Å². The molecule has 4 unspecified atom stereocenters. The van der Waals surface area contributed by atoms with Crippen LogP contribution in [0.4, 0.5) is 0 Å². The fourth-order valence-electron chi connectivity index (χ4n) is 7.14. The molecular weight excluding hydrogens is 803 g/mol. The maximum absolute atomic E-state index is 13.5. The Labute approximate surface area is 367 Å². The van der Waals surface area contributed by atoms with Gasteiger partial charge in [-0.3, -0.25) is 18.6 Å². The molecule has 354 valence electrons. The number of phosphoric ester groups is 1. The van der Waals surface area contributed by atoms with Crippen LogP contribution in [0.25, 0.3) is 0 Å². The molecule has 1 aliphatic rings. The summed E-state index contributed by atoms with van der Waals surface area (Å²) < 4.78 is 28.7. The molecule has 1 rings (SSSR count). The molecule has 13 nitrogen and oxygen atoms in total. The number of ether oxygens (including phenoxy) is 1. The lowest BCUT2D eigenvalue weighted by Gasteiger charge is -2.41. The number of aliphatic hydroxyl groups is 6. The Bertz CT molecular complexity index is 1270. The molecule has 0 amide bonds. The third-order valence-corrected chi connectivity index (χ3v) is 11.9. The summed E-state index contributed by atoms with van der Waals surface area (Å²) in [5.74, 6) is -1.50. The Morgan fingerprint density at radius 3 is 1.39 bits per heavy atom. The van der Waals surface area contributed by atoms with Gasteiger partial charge < -0.3 is 40.3 Å². The van der Waals surface area contributed by atoms with Crippen LogP contribution in [-0.4, -0.2) is 103 Å². The van der Waals surface area contributed by atoms with E-state index in [4.69, 9.17) is 13.8 Å². The Balaban J connectivity index is 2.66. The Kier molecular flexibility index (Phi) is 33.9. The predicted octanol–water partition coefficient (Wildman–Crippen LogP) is 8.56. The highest BCUT2D eigenvalue weighted by Crippen LogP contribution is 2.49. The first-order valence-electron chi connectivity index (χ1n) is 23.4. The smallest absolute Gasteiger partial charge is 0.457 e. The third kappa shape index (κ3) is 27.0. The summed E-state index contributed by atoms with van der Waals surface area (Å²) in [5, 5.41) is 60.9. The van der Waals surface area contributed by atoms with E-state index in [-0.39, 0.29) is 12.8 Å². The average Bonchev–Trinajstić information content (AvgIpc) is 3.24. The summed E-state index contributed by atoms with van der Waals surface area (Å²) in [6, 6.07) is 0. The molecule has 0 bridgehead atoms. The van der Waals surface area contributed by atoms with E-state index in [1.807, 2.05) is 12.2 Å². The number of esters is 1. The van der Waals surface area contributed by atoms with Crippen LogP contribution in [0.1, 0.15) is 181 Å². The molecule has 9 atom stereocenters. The van der Waals surface area contributed by atoms with Crippen molar-refractivity contribution in [3.63, 3.8) is 0 Å². The lowest BCUT2D eigenvalue weighted by Crippen LogP contribution is -2.64. The molecule has 1 fully saturated rings. The van der Waals surface area contributed by atoms with Crippen LogP contribution in [0.2, 0.25) is 0 Å². The number of hydrogen-bond donors (Lipinski definition) is 7. The van der Waals surface area contributed by atoms with E-state index in [0.29, 0.717) is 25.7 Å². The number of Topliss-reactive ketones (excluding diaryl/α,β-unsaturated/α-hetero) is 1. The maximum atomic E-state index is 13.5. The van der Waals surface area contributed by atoms with Crippen LogP contribution in [0.5, 0.6) is 0 Å². The van der Waals surface area contributed by atoms with Gasteiger partial charge >= 0.3 is 13.8 Å². The summed E-state index contributed by atoms with van der Waals surface area (Å²) in [7, 11) is -5.43. The molecule has 0 aliphatic heterocycles. The second-order valence-corrected chi connectivity index (χ2v) is 17.7. The van der Waals surface area contributed by atoms with E-state index in [9.17, 15) is 49.7 Å². The SMILES string of the molecule is CCCCC/C=C\C/C=C\C/C=C\C/C=C\CCCC(=O)O[C@@H](CO)C(OP(=O)(O)OC1[C@@H](O)[C@H](O)C(O)[C@H](O)[C@@H]1O)C(=O)CCCCCCCCCCCCCCCCC. The van der Waals surface area contributed by atoms with Crippen LogP contribution >= 0.6 is 7.82 Å². The Morgan fingerprint density at radius 2 is 0.934 bits per heavy atom. The van der Waals surface area contributed by atoms with Crippen molar-refractivity contribution in [1.29, 1.82) is 0 Å². The number of carbonyl (C=O) groups excluding carboxylic acids is 2. The van der Waals surface area contributed by atoms with Crippen molar-refractivity contribution < 1.29 is 63.5 Å². The van der Waals surface area contributed by atoms with E-state index in [1.54, 1.807) is 0 Å². The highest BCUT2D eigenvalue weighted by atomic mass is 31.2.